The molecule has 0 aliphatic heterocycles. The molecule has 0 spiro atoms. The number of anilines is 2. The summed E-state index contributed by atoms with van der Waals surface area (Å²) in [6.07, 6.45) is 5.93. The number of fused-ring (bicyclic) bond motifs is 1. The van der Waals surface area contributed by atoms with Crippen LogP contribution in [0.25, 0.3) is 10.8 Å². The Morgan fingerprint density at radius 1 is 1.20 bits per heavy atom. The van der Waals surface area contributed by atoms with E-state index in [1.165, 1.54) is 0 Å². The molecule has 2 heterocycles. The van der Waals surface area contributed by atoms with Crippen molar-refractivity contribution >= 4 is 28.2 Å². The van der Waals surface area contributed by atoms with Gasteiger partial charge in [-0.2, -0.15) is 0 Å². The van der Waals surface area contributed by atoms with Gasteiger partial charge in [-0.25, -0.2) is 4.98 Å². The summed E-state index contributed by atoms with van der Waals surface area (Å²) in [5.74, 6) is -0.472. The van der Waals surface area contributed by atoms with Gasteiger partial charge in [0.2, 0.25) is 0 Å². The van der Waals surface area contributed by atoms with Gasteiger partial charge in [0, 0.05) is 35.6 Å². The van der Waals surface area contributed by atoms with Crippen LogP contribution in [0.3, 0.4) is 0 Å². The largest absolute Gasteiger partial charge is 0.480 e. The number of nitrogens with one attached hydrogen (secondary N) is 1. The second-order valence-electron chi connectivity index (χ2n) is 5.88. The first-order chi connectivity index (χ1) is 12.1. The van der Waals surface area contributed by atoms with E-state index in [-0.39, 0.29) is 5.92 Å². The van der Waals surface area contributed by atoms with Crippen LogP contribution < -0.4 is 11.1 Å². The fourth-order valence-electron chi connectivity index (χ4n) is 2.93. The Labute approximate surface area is 145 Å². The molecule has 0 aliphatic rings. The van der Waals surface area contributed by atoms with Crippen LogP contribution in [0, 0.1) is 0 Å². The van der Waals surface area contributed by atoms with Crippen molar-refractivity contribution in [1.82, 2.24) is 9.97 Å². The molecular weight excluding hydrogens is 316 g/mol. The Morgan fingerprint density at radius 2 is 1.92 bits per heavy atom. The predicted octanol–water partition coefficient (Wildman–Crippen LogP) is 3.28. The summed E-state index contributed by atoms with van der Waals surface area (Å²) >= 11 is 0. The van der Waals surface area contributed by atoms with E-state index in [9.17, 15) is 4.79 Å². The minimum Gasteiger partial charge on any atom is -0.480 e. The van der Waals surface area contributed by atoms with Crippen molar-refractivity contribution in [3.05, 3.63) is 60.6 Å². The number of hydrogen-bond acceptors (Lipinski definition) is 5. The van der Waals surface area contributed by atoms with Gasteiger partial charge in [-0.15, -0.1) is 0 Å². The lowest BCUT2D eigenvalue weighted by Gasteiger charge is -2.20. The van der Waals surface area contributed by atoms with Gasteiger partial charge in [0.1, 0.15) is 11.9 Å². The monoisotopic (exact) mass is 336 g/mol. The highest BCUT2D eigenvalue weighted by Gasteiger charge is 2.24. The van der Waals surface area contributed by atoms with Gasteiger partial charge in [0.05, 0.1) is 0 Å². The maximum atomic E-state index is 11.2. The highest BCUT2D eigenvalue weighted by atomic mass is 16.4. The minimum atomic E-state index is -0.985. The Kier molecular flexibility index (Phi) is 4.90. The van der Waals surface area contributed by atoms with Gasteiger partial charge in [-0.3, -0.25) is 9.78 Å². The summed E-state index contributed by atoms with van der Waals surface area (Å²) in [7, 11) is 0. The molecular formula is C19H20N4O2. The second-order valence-corrected chi connectivity index (χ2v) is 5.88. The van der Waals surface area contributed by atoms with Crippen molar-refractivity contribution in [2.24, 2.45) is 5.73 Å². The zero-order chi connectivity index (χ0) is 17.8. The van der Waals surface area contributed by atoms with E-state index in [1.807, 2.05) is 43.3 Å². The third-order valence-electron chi connectivity index (χ3n) is 4.33. The SMILES string of the molecule is CCC(c1ccc(Nc2nccc3ccncc23)cc1)[C@H](N)C(=O)O. The molecule has 1 aromatic carbocycles. The number of nitrogens with zero attached hydrogens (tertiary/aromatic N) is 2. The quantitative estimate of drug-likeness (QED) is 0.638. The van der Waals surface area contributed by atoms with Crippen LogP contribution in [0.4, 0.5) is 11.5 Å². The number of nitrogens with two attached hydrogens (primary N) is 1. The third-order valence-corrected chi connectivity index (χ3v) is 4.33. The Bertz CT molecular complexity index is 875. The van der Waals surface area contributed by atoms with Gasteiger partial charge >= 0.3 is 5.97 Å². The number of rotatable bonds is 6. The molecule has 0 fully saturated rings. The lowest BCUT2D eigenvalue weighted by Crippen LogP contribution is -2.36. The van der Waals surface area contributed by atoms with Crippen LogP contribution in [0.1, 0.15) is 24.8 Å². The summed E-state index contributed by atoms with van der Waals surface area (Å²) in [6, 6.07) is 10.6. The normalized spacial score (nSPS) is 13.4. The van der Waals surface area contributed by atoms with Crippen molar-refractivity contribution in [2.75, 3.05) is 5.32 Å². The first-order valence-electron chi connectivity index (χ1n) is 8.14. The summed E-state index contributed by atoms with van der Waals surface area (Å²) in [5.41, 5.74) is 7.57. The smallest absolute Gasteiger partial charge is 0.321 e. The van der Waals surface area contributed by atoms with Crippen LogP contribution in [0.5, 0.6) is 0 Å². The number of aliphatic carboxylic acids is 1. The van der Waals surface area contributed by atoms with Crippen LogP contribution in [-0.2, 0) is 4.79 Å². The van der Waals surface area contributed by atoms with Crippen molar-refractivity contribution in [3.8, 4) is 0 Å². The van der Waals surface area contributed by atoms with Crippen molar-refractivity contribution < 1.29 is 9.90 Å². The van der Waals surface area contributed by atoms with E-state index in [2.05, 4.69) is 15.3 Å². The molecule has 2 atom stereocenters. The first kappa shape index (κ1) is 16.9. The van der Waals surface area contributed by atoms with Crippen LogP contribution in [0.2, 0.25) is 0 Å². The molecule has 1 unspecified atom stereocenters. The number of carboxylic acid groups (broad SMARTS) is 1. The Hall–Kier alpha value is -2.99. The molecule has 0 saturated carbocycles. The summed E-state index contributed by atoms with van der Waals surface area (Å²) in [6.45, 7) is 1.94. The molecule has 0 radical (unpaired) electrons. The maximum Gasteiger partial charge on any atom is 0.321 e. The van der Waals surface area contributed by atoms with Crippen LogP contribution >= 0.6 is 0 Å². The molecule has 0 amide bonds. The fourth-order valence-corrected chi connectivity index (χ4v) is 2.93. The number of pyridine rings is 2. The average molecular weight is 336 g/mol. The third kappa shape index (κ3) is 3.59. The molecule has 2 aromatic heterocycles. The Balaban J connectivity index is 1.84. The molecule has 6 heteroatoms. The van der Waals surface area contributed by atoms with Crippen molar-refractivity contribution in [2.45, 2.75) is 25.3 Å². The molecule has 3 rings (SSSR count). The number of aromatic nitrogens is 2. The molecule has 25 heavy (non-hydrogen) atoms. The number of benzene rings is 1. The van der Waals surface area contributed by atoms with E-state index in [0.717, 1.165) is 27.8 Å². The van der Waals surface area contributed by atoms with Gasteiger partial charge in [0.25, 0.3) is 0 Å². The molecule has 0 bridgehead atoms. The predicted molar refractivity (Wildman–Crippen MR) is 97.9 cm³/mol. The van der Waals surface area contributed by atoms with Crippen LogP contribution in [-0.4, -0.2) is 27.1 Å². The van der Waals surface area contributed by atoms with Gasteiger partial charge < -0.3 is 16.2 Å². The molecule has 128 valence electrons. The van der Waals surface area contributed by atoms with Crippen molar-refractivity contribution in [1.29, 1.82) is 0 Å². The second kappa shape index (κ2) is 7.27. The zero-order valence-corrected chi connectivity index (χ0v) is 13.9. The molecule has 0 aliphatic carbocycles. The number of carboxylic acids is 1. The average Bonchev–Trinajstić information content (AvgIpc) is 2.64. The highest BCUT2D eigenvalue weighted by Crippen LogP contribution is 2.27. The summed E-state index contributed by atoms with van der Waals surface area (Å²) in [5, 5.41) is 14.4. The summed E-state index contributed by atoms with van der Waals surface area (Å²) in [4.78, 5) is 19.7. The standard InChI is InChI=1S/C19H20N4O2/c1-2-15(17(20)19(24)25)12-3-5-14(6-4-12)23-18-16-11-21-9-7-13(16)8-10-22-18/h3-11,15,17H,2,20H2,1H3,(H,22,23)(H,24,25)/t15?,17-/m0/s1. The van der Waals surface area contributed by atoms with E-state index >= 15 is 0 Å². The lowest BCUT2D eigenvalue weighted by molar-refractivity contribution is -0.139. The van der Waals surface area contributed by atoms with Gasteiger partial charge in [0.15, 0.2) is 0 Å². The lowest BCUT2D eigenvalue weighted by atomic mass is 9.89. The topological polar surface area (TPSA) is 101 Å². The van der Waals surface area contributed by atoms with E-state index in [1.54, 1.807) is 18.6 Å². The molecule has 6 nitrogen and oxygen atoms in total. The maximum absolute atomic E-state index is 11.2. The van der Waals surface area contributed by atoms with E-state index < -0.39 is 12.0 Å². The highest BCUT2D eigenvalue weighted by molar-refractivity contribution is 5.92. The molecule has 3 aromatic rings. The van der Waals surface area contributed by atoms with Gasteiger partial charge in [-0.1, -0.05) is 19.1 Å². The first-order valence-corrected chi connectivity index (χ1v) is 8.14. The fraction of sp³-hybridized carbons (Fsp3) is 0.211. The van der Waals surface area contributed by atoms with Gasteiger partial charge in [-0.05, 0) is 41.6 Å². The molecule has 0 saturated heterocycles. The minimum absolute atomic E-state index is 0.216. The van der Waals surface area contributed by atoms with Crippen molar-refractivity contribution in [3.63, 3.8) is 0 Å². The summed E-state index contributed by atoms with van der Waals surface area (Å²) < 4.78 is 0. The number of hydrogen-bond donors (Lipinski definition) is 3. The van der Waals surface area contributed by atoms with Crippen LogP contribution in [0.15, 0.2) is 55.0 Å². The van der Waals surface area contributed by atoms with E-state index in [4.69, 9.17) is 10.8 Å². The number of carbonyl (C=O) groups is 1. The zero-order valence-electron chi connectivity index (χ0n) is 13.9. The molecule has 4 N–H and O–H groups in total. The van der Waals surface area contributed by atoms with E-state index in [0.29, 0.717) is 6.42 Å². The Morgan fingerprint density at radius 3 is 2.60 bits per heavy atom.